The average Bonchev–Trinajstić information content (AvgIpc) is 2.64. The summed E-state index contributed by atoms with van der Waals surface area (Å²) in [6.45, 7) is 3.59. The number of para-hydroxylation sites is 1. The minimum atomic E-state index is -3.72. The van der Waals surface area contributed by atoms with Gasteiger partial charge in [-0.25, -0.2) is 8.42 Å². The highest BCUT2D eigenvalue weighted by Gasteiger charge is 2.32. The Morgan fingerprint density at radius 2 is 1.89 bits per heavy atom. The Morgan fingerprint density at radius 3 is 2.46 bits per heavy atom. The third-order valence-corrected chi connectivity index (χ3v) is 5.77. The Labute approximate surface area is 171 Å². The number of nitrogens with one attached hydrogen (secondary N) is 1. The zero-order valence-electron chi connectivity index (χ0n) is 16.3. The minimum Gasteiger partial charge on any atom is -0.496 e. The Kier molecular flexibility index (Phi) is 7.32. The number of ether oxygens (including phenoxy) is 1. The topological polar surface area (TPSA) is 75.7 Å². The number of carbonyl (C=O) groups excluding carboxylic acids is 1. The van der Waals surface area contributed by atoms with Crippen molar-refractivity contribution in [3.63, 3.8) is 0 Å². The van der Waals surface area contributed by atoms with E-state index in [-0.39, 0.29) is 6.04 Å². The molecule has 28 heavy (non-hydrogen) atoms. The van der Waals surface area contributed by atoms with E-state index < -0.39 is 22.0 Å². The maximum atomic E-state index is 13.0. The normalized spacial score (nSPS) is 13.5. The van der Waals surface area contributed by atoms with Crippen LogP contribution in [0.3, 0.4) is 0 Å². The molecule has 0 fully saturated rings. The van der Waals surface area contributed by atoms with Crippen molar-refractivity contribution in [2.75, 3.05) is 17.7 Å². The number of amides is 1. The van der Waals surface area contributed by atoms with E-state index in [0.717, 1.165) is 16.1 Å². The molecule has 0 radical (unpaired) electrons. The molecule has 152 valence electrons. The molecule has 0 aliphatic carbocycles. The Hall–Kier alpha value is -2.25. The van der Waals surface area contributed by atoms with Crippen molar-refractivity contribution in [3.8, 4) is 5.75 Å². The van der Waals surface area contributed by atoms with Crippen molar-refractivity contribution >= 4 is 33.2 Å². The van der Waals surface area contributed by atoms with Gasteiger partial charge in [-0.2, -0.15) is 0 Å². The number of benzene rings is 2. The molecule has 8 heteroatoms. The molecule has 2 aromatic rings. The van der Waals surface area contributed by atoms with Crippen molar-refractivity contribution in [3.05, 3.63) is 59.1 Å². The van der Waals surface area contributed by atoms with Crippen LogP contribution in [0.25, 0.3) is 0 Å². The Balaban J connectivity index is 2.34. The first kappa shape index (κ1) is 22.0. The number of hydrogen-bond acceptors (Lipinski definition) is 4. The van der Waals surface area contributed by atoms with Gasteiger partial charge in [0.05, 0.1) is 25.1 Å². The molecule has 2 rings (SSSR count). The van der Waals surface area contributed by atoms with Gasteiger partial charge in [0.25, 0.3) is 0 Å². The Morgan fingerprint density at radius 1 is 1.21 bits per heavy atom. The number of methoxy groups -OCH3 is 1. The molecule has 0 aliphatic rings. The predicted octanol–water partition coefficient (Wildman–Crippen LogP) is 3.77. The third-order valence-electron chi connectivity index (χ3n) is 4.36. The number of halogens is 1. The van der Waals surface area contributed by atoms with Crippen LogP contribution >= 0.6 is 11.6 Å². The van der Waals surface area contributed by atoms with Crippen molar-refractivity contribution < 1.29 is 17.9 Å². The van der Waals surface area contributed by atoms with Crippen molar-refractivity contribution in [1.29, 1.82) is 0 Å². The molecule has 2 aromatic carbocycles. The summed E-state index contributed by atoms with van der Waals surface area (Å²) in [7, 11) is -2.15. The first-order valence-electron chi connectivity index (χ1n) is 8.87. The van der Waals surface area contributed by atoms with Gasteiger partial charge in [-0.1, -0.05) is 42.8 Å². The first-order chi connectivity index (χ1) is 13.2. The lowest BCUT2D eigenvalue weighted by Crippen LogP contribution is -2.49. The van der Waals surface area contributed by atoms with Gasteiger partial charge in [0, 0.05) is 10.6 Å². The van der Waals surface area contributed by atoms with Crippen LogP contribution < -0.4 is 14.4 Å². The molecule has 0 heterocycles. The smallest absolute Gasteiger partial charge is 0.244 e. The standard InChI is InChI=1S/C20H25ClN2O4S/c1-5-18(23(28(4,25)26)16-10-8-9-15(21)13-16)20(24)22-14(2)17-11-6-7-12-19(17)27-3/h6-14,18H,5H2,1-4H3,(H,22,24)/t14-,18-/m0/s1. The number of sulfonamides is 1. The van der Waals surface area contributed by atoms with Gasteiger partial charge in [-0.15, -0.1) is 0 Å². The van der Waals surface area contributed by atoms with Crippen molar-refractivity contribution in [2.45, 2.75) is 32.4 Å². The summed E-state index contributed by atoms with van der Waals surface area (Å²) in [5.41, 5.74) is 1.16. The predicted molar refractivity (Wildman–Crippen MR) is 112 cm³/mol. The molecule has 0 bridgehead atoms. The summed E-state index contributed by atoms with van der Waals surface area (Å²) in [5.74, 6) is 0.254. The lowest BCUT2D eigenvalue weighted by molar-refractivity contribution is -0.122. The molecule has 2 atom stereocenters. The monoisotopic (exact) mass is 424 g/mol. The highest BCUT2D eigenvalue weighted by molar-refractivity contribution is 7.92. The molecule has 0 saturated carbocycles. The molecular weight excluding hydrogens is 400 g/mol. The second-order valence-corrected chi connectivity index (χ2v) is 8.73. The van der Waals surface area contributed by atoms with E-state index in [1.54, 1.807) is 32.2 Å². The van der Waals surface area contributed by atoms with E-state index >= 15 is 0 Å². The van der Waals surface area contributed by atoms with Crippen molar-refractivity contribution in [2.24, 2.45) is 0 Å². The number of rotatable bonds is 8. The fourth-order valence-electron chi connectivity index (χ4n) is 3.08. The molecule has 1 N–H and O–H groups in total. The number of hydrogen-bond donors (Lipinski definition) is 1. The maximum absolute atomic E-state index is 13.0. The van der Waals surface area contributed by atoms with Crippen LogP contribution in [0.4, 0.5) is 5.69 Å². The summed E-state index contributed by atoms with van der Waals surface area (Å²) in [4.78, 5) is 13.0. The third kappa shape index (κ3) is 5.17. The van der Waals surface area contributed by atoms with E-state index in [4.69, 9.17) is 16.3 Å². The summed E-state index contributed by atoms with van der Waals surface area (Å²) < 4.78 is 31.4. The van der Waals surface area contributed by atoms with Crippen LogP contribution in [0.2, 0.25) is 5.02 Å². The fraction of sp³-hybridized carbons (Fsp3) is 0.350. The van der Waals surface area contributed by atoms with Crippen LogP contribution in [-0.2, 0) is 14.8 Å². The van der Waals surface area contributed by atoms with E-state index in [1.165, 1.54) is 6.07 Å². The zero-order chi connectivity index (χ0) is 20.9. The van der Waals surface area contributed by atoms with Gasteiger partial charge in [-0.05, 0) is 37.6 Å². The van der Waals surface area contributed by atoms with E-state index in [2.05, 4.69) is 5.32 Å². The second-order valence-electron chi connectivity index (χ2n) is 6.43. The largest absolute Gasteiger partial charge is 0.496 e. The molecular formula is C20H25ClN2O4S. The maximum Gasteiger partial charge on any atom is 0.244 e. The van der Waals surface area contributed by atoms with Gasteiger partial charge < -0.3 is 10.1 Å². The molecule has 0 saturated heterocycles. The summed E-state index contributed by atoms with van der Waals surface area (Å²) >= 11 is 6.03. The number of anilines is 1. The van der Waals surface area contributed by atoms with E-state index in [9.17, 15) is 13.2 Å². The lowest BCUT2D eigenvalue weighted by atomic mass is 10.1. The second kappa shape index (κ2) is 9.30. The van der Waals surface area contributed by atoms with Gasteiger partial charge >= 0.3 is 0 Å². The summed E-state index contributed by atoms with van der Waals surface area (Å²) in [5, 5.41) is 3.29. The van der Waals surface area contributed by atoms with Gasteiger partial charge in [0.2, 0.25) is 15.9 Å². The van der Waals surface area contributed by atoms with Gasteiger partial charge in [-0.3, -0.25) is 9.10 Å². The average molecular weight is 425 g/mol. The summed E-state index contributed by atoms with van der Waals surface area (Å²) in [6.07, 6.45) is 1.37. The highest BCUT2D eigenvalue weighted by Crippen LogP contribution is 2.27. The quantitative estimate of drug-likeness (QED) is 0.699. The highest BCUT2D eigenvalue weighted by atomic mass is 35.5. The molecule has 6 nitrogen and oxygen atoms in total. The fourth-order valence-corrected chi connectivity index (χ4v) is 4.47. The van der Waals surface area contributed by atoms with E-state index in [1.807, 2.05) is 31.2 Å². The molecule has 1 amide bonds. The van der Waals surface area contributed by atoms with Crippen LogP contribution in [0.5, 0.6) is 5.75 Å². The minimum absolute atomic E-state index is 0.296. The first-order valence-corrected chi connectivity index (χ1v) is 11.1. The molecule has 0 spiro atoms. The molecule has 0 aliphatic heterocycles. The molecule has 0 aromatic heterocycles. The van der Waals surface area contributed by atoms with Crippen LogP contribution in [0, 0.1) is 0 Å². The lowest BCUT2D eigenvalue weighted by Gasteiger charge is -2.31. The van der Waals surface area contributed by atoms with Crippen molar-refractivity contribution in [1.82, 2.24) is 5.32 Å². The molecule has 0 unspecified atom stereocenters. The summed E-state index contributed by atoms with van der Waals surface area (Å²) in [6, 6.07) is 12.5. The van der Waals surface area contributed by atoms with E-state index in [0.29, 0.717) is 22.9 Å². The van der Waals surface area contributed by atoms with Crippen LogP contribution in [0.1, 0.15) is 31.9 Å². The van der Waals surface area contributed by atoms with Crippen LogP contribution in [-0.4, -0.2) is 33.7 Å². The van der Waals surface area contributed by atoms with Gasteiger partial charge in [0.15, 0.2) is 0 Å². The zero-order valence-corrected chi connectivity index (χ0v) is 17.9. The van der Waals surface area contributed by atoms with Crippen LogP contribution in [0.15, 0.2) is 48.5 Å². The number of nitrogens with zero attached hydrogens (tertiary/aromatic N) is 1. The Bertz CT molecular complexity index is 933. The van der Waals surface area contributed by atoms with Gasteiger partial charge in [0.1, 0.15) is 11.8 Å². The number of carbonyl (C=O) groups is 1. The SMILES string of the molecule is CC[C@@H](C(=O)N[C@@H](C)c1ccccc1OC)N(c1cccc(Cl)c1)S(C)(=O)=O.